The van der Waals surface area contributed by atoms with E-state index in [1.165, 1.54) is 0 Å². The van der Waals surface area contributed by atoms with E-state index in [1.54, 1.807) is 7.11 Å². The highest BCUT2D eigenvalue weighted by atomic mass is 16.5. The Kier molecular flexibility index (Phi) is 6.97. The van der Waals surface area contributed by atoms with Gasteiger partial charge in [0.1, 0.15) is 11.9 Å². The monoisotopic (exact) mass is 409 g/mol. The molecule has 6 heteroatoms. The van der Waals surface area contributed by atoms with Gasteiger partial charge in [-0.2, -0.15) is 0 Å². The summed E-state index contributed by atoms with van der Waals surface area (Å²) in [6, 6.07) is 13.7. The largest absolute Gasteiger partial charge is 0.489 e. The fourth-order valence-electron chi connectivity index (χ4n) is 4.39. The van der Waals surface area contributed by atoms with Gasteiger partial charge in [-0.05, 0) is 43.5 Å². The molecule has 0 bridgehead atoms. The van der Waals surface area contributed by atoms with Crippen LogP contribution in [0.15, 0.2) is 48.7 Å². The van der Waals surface area contributed by atoms with Crippen LogP contribution in [0.4, 0.5) is 0 Å². The van der Waals surface area contributed by atoms with Gasteiger partial charge in [-0.25, -0.2) is 0 Å². The summed E-state index contributed by atoms with van der Waals surface area (Å²) in [6.45, 7) is 5.07. The van der Waals surface area contributed by atoms with E-state index < -0.39 is 0 Å². The Morgan fingerprint density at radius 3 is 2.63 bits per heavy atom. The second-order valence-electron chi connectivity index (χ2n) is 8.27. The molecule has 0 spiro atoms. The maximum atomic E-state index is 13.1. The van der Waals surface area contributed by atoms with Gasteiger partial charge in [-0.3, -0.25) is 14.7 Å². The smallest absolute Gasteiger partial charge is 0.257 e. The second-order valence-corrected chi connectivity index (χ2v) is 8.27. The summed E-state index contributed by atoms with van der Waals surface area (Å²) in [5, 5.41) is 0. The summed E-state index contributed by atoms with van der Waals surface area (Å²) >= 11 is 0. The van der Waals surface area contributed by atoms with Gasteiger partial charge in [-0.15, -0.1) is 0 Å². The van der Waals surface area contributed by atoms with Gasteiger partial charge in [0.25, 0.3) is 5.91 Å². The highest BCUT2D eigenvalue weighted by Gasteiger charge is 2.29. The number of amides is 1. The summed E-state index contributed by atoms with van der Waals surface area (Å²) in [5.41, 5.74) is 1.77. The first-order valence-electron chi connectivity index (χ1n) is 10.9. The van der Waals surface area contributed by atoms with Crippen LogP contribution in [0.3, 0.4) is 0 Å². The van der Waals surface area contributed by atoms with Crippen LogP contribution in [0.5, 0.6) is 5.75 Å². The third-order valence-corrected chi connectivity index (χ3v) is 6.03. The molecule has 0 unspecified atom stereocenters. The first-order chi connectivity index (χ1) is 14.7. The average Bonchev–Trinajstić information content (AvgIpc) is 3.25. The van der Waals surface area contributed by atoms with Crippen molar-refractivity contribution in [2.45, 2.75) is 31.9 Å². The number of hydrogen-bond acceptors (Lipinski definition) is 5. The van der Waals surface area contributed by atoms with E-state index in [-0.39, 0.29) is 12.0 Å². The van der Waals surface area contributed by atoms with E-state index in [0.29, 0.717) is 23.8 Å². The molecule has 2 aliphatic heterocycles. The normalized spacial score (nSPS) is 20.4. The predicted molar refractivity (Wildman–Crippen MR) is 115 cm³/mol. The number of para-hydroxylation sites is 1. The van der Waals surface area contributed by atoms with Crippen molar-refractivity contribution in [2.24, 2.45) is 5.92 Å². The standard InChI is InChI=1S/C24H31N3O3/c1-29-18-19-9-15-27(16-19)24(28)22-7-2-3-8-23(22)30-21-10-13-26(14-11-21)17-20-6-4-5-12-25-20/h2-8,12,19,21H,9-11,13-18H2,1H3/t19-/m0/s1. The molecule has 0 N–H and O–H groups in total. The van der Waals surface area contributed by atoms with Gasteiger partial charge >= 0.3 is 0 Å². The zero-order chi connectivity index (χ0) is 20.8. The molecule has 1 aromatic carbocycles. The van der Waals surface area contributed by atoms with Crippen molar-refractivity contribution in [1.82, 2.24) is 14.8 Å². The molecule has 2 fully saturated rings. The third kappa shape index (κ3) is 5.18. The average molecular weight is 410 g/mol. The summed E-state index contributed by atoms with van der Waals surface area (Å²) in [6.07, 6.45) is 4.89. The summed E-state index contributed by atoms with van der Waals surface area (Å²) < 4.78 is 11.6. The minimum Gasteiger partial charge on any atom is -0.489 e. The number of carbonyl (C=O) groups excluding carboxylic acids is 1. The summed E-state index contributed by atoms with van der Waals surface area (Å²) in [5.74, 6) is 1.20. The molecule has 160 valence electrons. The SMILES string of the molecule is COC[C@H]1CCN(C(=O)c2ccccc2OC2CCN(Cc3ccccn3)CC2)C1. The molecular formula is C24H31N3O3. The van der Waals surface area contributed by atoms with Crippen molar-refractivity contribution in [3.05, 3.63) is 59.9 Å². The van der Waals surface area contributed by atoms with Gasteiger partial charge in [0, 0.05) is 51.9 Å². The van der Waals surface area contributed by atoms with Crippen LogP contribution in [0, 0.1) is 5.92 Å². The molecule has 0 aliphatic carbocycles. The number of benzene rings is 1. The van der Waals surface area contributed by atoms with Crippen LogP contribution >= 0.6 is 0 Å². The Bertz CT molecular complexity index is 821. The highest BCUT2D eigenvalue weighted by molar-refractivity contribution is 5.97. The minimum atomic E-state index is 0.0665. The Balaban J connectivity index is 1.33. The maximum Gasteiger partial charge on any atom is 0.257 e. The van der Waals surface area contributed by atoms with Gasteiger partial charge in [0.2, 0.25) is 0 Å². The number of rotatable bonds is 7. The second kappa shape index (κ2) is 10.0. The molecule has 2 aliphatic rings. The molecule has 30 heavy (non-hydrogen) atoms. The van der Waals surface area contributed by atoms with E-state index in [2.05, 4.69) is 16.0 Å². The Hall–Kier alpha value is -2.44. The van der Waals surface area contributed by atoms with Gasteiger partial charge < -0.3 is 14.4 Å². The van der Waals surface area contributed by atoms with Crippen LogP contribution in [0.1, 0.15) is 35.3 Å². The topological polar surface area (TPSA) is 54.9 Å². The Morgan fingerprint density at radius 2 is 1.87 bits per heavy atom. The van der Waals surface area contributed by atoms with Gasteiger partial charge in [0.15, 0.2) is 0 Å². The Morgan fingerprint density at radius 1 is 1.07 bits per heavy atom. The lowest BCUT2D eigenvalue weighted by Crippen LogP contribution is -2.38. The predicted octanol–water partition coefficient (Wildman–Crippen LogP) is 3.23. The highest BCUT2D eigenvalue weighted by Crippen LogP contribution is 2.27. The van der Waals surface area contributed by atoms with Crippen molar-refractivity contribution in [3.8, 4) is 5.75 Å². The molecule has 0 radical (unpaired) electrons. The summed E-state index contributed by atoms with van der Waals surface area (Å²) in [7, 11) is 1.72. The van der Waals surface area contributed by atoms with Crippen LogP contribution in [0.2, 0.25) is 0 Å². The van der Waals surface area contributed by atoms with Crippen LogP contribution < -0.4 is 4.74 Å². The van der Waals surface area contributed by atoms with Crippen molar-refractivity contribution in [3.63, 3.8) is 0 Å². The van der Waals surface area contributed by atoms with Gasteiger partial charge in [0.05, 0.1) is 17.9 Å². The number of nitrogens with zero attached hydrogens (tertiary/aromatic N) is 3. The molecule has 0 saturated carbocycles. The zero-order valence-corrected chi connectivity index (χ0v) is 17.7. The molecule has 1 atom stereocenters. The van der Waals surface area contributed by atoms with Crippen molar-refractivity contribution in [1.29, 1.82) is 0 Å². The molecule has 2 saturated heterocycles. The van der Waals surface area contributed by atoms with E-state index >= 15 is 0 Å². The number of hydrogen-bond donors (Lipinski definition) is 0. The molecule has 6 nitrogen and oxygen atoms in total. The molecule has 4 rings (SSSR count). The molecule has 3 heterocycles. The summed E-state index contributed by atoms with van der Waals surface area (Å²) in [4.78, 5) is 21.9. The first kappa shape index (κ1) is 20.8. The maximum absolute atomic E-state index is 13.1. The van der Waals surface area contributed by atoms with E-state index in [9.17, 15) is 4.79 Å². The lowest BCUT2D eigenvalue weighted by molar-refractivity contribution is 0.0749. The minimum absolute atomic E-state index is 0.0665. The molecule has 2 aromatic rings. The number of likely N-dealkylation sites (tertiary alicyclic amines) is 2. The van der Waals surface area contributed by atoms with Gasteiger partial charge in [-0.1, -0.05) is 18.2 Å². The third-order valence-electron chi connectivity index (χ3n) is 6.03. The number of carbonyl (C=O) groups is 1. The fraction of sp³-hybridized carbons (Fsp3) is 0.500. The van der Waals surface area contributed by atoms with Crippen molar-refractivity contribution in [2.75, 3.05) is 39.9 Å². The van der Waals surface area contributed by atoms with E-state index in [4.69, 9.17) is 9.47 Å². The van der Waals surface area contributed by atoms with Crippen LogP contribution in [-0.4, -0.2) is 66.7 Å². The number of pyridine rings is 1. The molecule has 1 amide bonds. The quantitative estimate of drug-likeness (QED) is 0.703. The van der Waals surface area contributed by atoms with Crippen molar-refractivity contribution >= 4 is 5.91 Å². The lowest BCUT2D eigenvalue weighted by Gasteiger charge is -2.32. The number of aromatic nitrogens is 1. The Labute approximate surface area is 178 Å². The number of ether oxygens (including phenoxy) is 2. The lowest BCUT2D eigenvalue weighted by atomic mass is 10.1. The molecular weight excluding hydrogens is 378 g/mol. The molecule has 1 aromatic heterocycles. The van der Waals surface area contributed by atoms with Crippen LogP contribution in [0.25, 0.3) is 0 Å². The van der Waals surface area contributed by atoms with Crippen molar-refractivity contribution < 1.29 is 14.3 Å². The van der Waals surface area contributed by atoms with E-state index in [0.717, 1.165) is 57.7 Å². The van der Waals surface area contributed by atoms with Crippen LogP contribution in [-0.2, 0) is 11.3 Å². The zero-order valence-electron chi connectivity index (χ0n) is 17.7. The number of methoxy groups -OCH3 is 1. The van der Waals surface area contributed by atoms with E-state index in [1.807, 2.05) is 47.5 Å². The number of piperidine rings is 1. The first-order valence-corrected chi connectivity index (χ1v) is 10.9. The fourth-order valence-corrected chi connectivity index (χ4v) is 4.39.